The molecule has 1 aromatic rings. The molecule has 0 aliphatic heterocycles. The van der Waals surface area contributed by atoms with Crippen molar-refractivity contribution in [1.29, 1.82) is 0 Å². The summed E-state index contributed by atoms with van der Waals surface area (Å²) in [6, 6.07) is 4.46. The zero-order valence-corrected chi connectivity index (χ0v) is 13.5. The normalized spacial score (nSPS) is 15.9. The van der Waals surface area contributed by atoms with Gasteiger partial charge in [0.15, 0.2) is 0 Å². The molecule has 0 radical (unpaired) electrons. The molecule has 1 aliphatic carbocycles. The predicted molar refractivity (Wildman–Crippen MR) is 87.9 cm³/mol. The third kappa shape index (κ3) is 4.09. The number of nitrogens with one attached hydrogen (secondary N) is 2. The highest BCUT2D eigenvalue weighted by molar-refractivity contribution is 6.00. The summed E-state index contributed by atoms with van der Waals surface area (Å²) in [5.41, 5.74) is 6.87. The molecule has 1 atom stereocenters. The van der Waals surface area contributed by atoms with Crippen molar-refractivity contribution in [1.82, 2.24) is 5.32 Å². The molecule has 6 nitrogen and oxygen atoms in total. The average molecular weight is 317 g/mol. The summed E-state index contributed by atoms with van der Waals surface area (Å²) in [5.74, 6) is -0.859. The molecule has 124 valence electrons. The molecular weight excluding hydrogens is 294 g/mol. The van der Waals surface area contributed by atoms with Gasteiger partial charge in [0.05, 0.1) is 0 Å². The van der Waals surface area contributed by atoms with E-state index in [-0.39, 0.29) is 17.7 Å². The van der Waals surface area contributed by atoms with Crippen LogP contribution in [0.1, 0.15) is 48.5 Å². The van der Waals surface area contributed by atoms with Crippen molar-refractivity contribution in [3.8, 4) is 0 Å². The van der Waals surface area contributed by atoms with Crippen LogP contribution in [0.5, 0.6) is 0 Å². The third-order valence-electron chi connectivity index (χ3n) is 4.37. The molecule has 23 heavy (non-hydrogen) atoms. The SMILES string of the molecule is CC(=O)NC(C(=O)Nc1cccc(C(N)=O)c1C)C1CCCC1. The Kier molecular flexibility index (Phi) is 5.36. The molecule has 1 fully saturated rings. The van der Waals surface area contributed by atoms with Crippen LogP contribution in [0.2, 0.25) is 0 Å². The van der Waals surface area contributed by atoms with E-state index in [9.17, 15) is 14.4 Å². The summed E-state index contributed by atoms with van der Waals surface area (Å²) in [6.45, 7) is 3.15. The maximum absolute atomic E-state index is 12.6. The number of hydrogen-bond acceptors (Lipinski definition) is 3. The minimum absolute atomic E-state index is 0.151. The van der Waals surface area contributed by atoms with E-state index in [4.69, 9.17) is 5.73 Å². The summed E-state index contributed by atoms with van der Waals surface area (Å²) in [4.78, 5) is 35.5. The number of rotatable bonds is 5. The second-order valence-corrected chi connectivity index (χ2v) is 6.05. The Balaban J connectivity index is 2.19. The maximum Gasteiger partial charge on any atom is 0.249 e. The quantitative estimate of drug-likeness (QED) is 0.770. The Labute approximate surface area is 135 Å². The molecule has 0 heterocycles. The molecule has 1 aliphatic rings. The minimum Gasteiger partial charge on any atom is -0.366 e. The number of carbonyl (C=O) groups excluding carboxylic acids is 3. The van der Waals surface area contributed by atoms with Crippen LogP contribution < -0.4 is 16.4 Å². The van der Waals surface area contributed by atoms with Gasteiger partial charge < -0.3 is 16.4 Å². The fourth-order valence-electron chi connectivity index (χ4n) is 3.16. The smallest absolute Gasteiger partial charge is 0.249 e. The molecule has 0 bridgehead atoms. The van der Waals surface area contributed by atoms with Crippen molar-refractivity contribution in [3.63, 3.8) is 0 Å². The van der Waals surface area contributed by atoms with Gasteiger partial charge in [0, 0.05) is 18.2 Å². The van der Waals surface area contributed by atoms with Crippen molar-refractivity contribution in [2.45, 2.75) is 45.6 Å². The molecule has 6 heteroatoms. The molecule has 4 N–H and O–H groups in total. The van der Waals surface area contributed by atoms with E-state index in [0.717, 1.165) is 25.7 Å². The summed E-state index contributed by atoms with van der Waals surface area (Å²) >= 11 is 0. The van der Waals surface area contributed by atoms with Gasteiger partial charge in [-0.3, -0.25) is 14.4 Å². The van der Waals surface area contributed by atoms with Gasteiger partial charge in [-0.25, -0.2) is 0 Å². The van der Waals surface area contributed by atoms with Crippen LogP contribution in [-0.4, -0.2) is 23.8 Å². The first-order valence-corrected chi connectivity index (χ1v) is 7.87. The zero-order chi connectivity index (χ0) is 17.0. The Bertz CT molecular complexity index is 622. The minimum atomic E-state index is -0.549. The van der Waals surface area contributed by atoms with Crippen molar-refractivity contribution >= 4 is 23.4 Å². The van der Waals surface area contributed by atoms with Crippen LogP contribution in [0, 0.1) is 12.8 Å². The highest BCUT2D eigenvalue weighted by Gasteiger charge is 2.31. The first kappa shape index (κ1) is 17.0. The number of primary amides is 1. The lowest BCUT2D eigenvalue weighted by Gasteiger charge is -2.24. The van der Waals surface area contributed by atoms with Gasteiger partial charge in [-0.05, 0) is 43.4 Å². The van der Waals surface area contributed by atoms with Crippen LogP contribution in [0.3, 0.4) is 0 Å². The number of hydrogen-bond donors (Lipinski definition) is 3. The van der Waals surface area contributed by atoms with Gasteiger partial charge >= 0.3 is 0 Å². The van der Waals surface area contributed by atoms with Gasteiger partial charge in [-0.1, -0.05) is 18.9 Å². The number of benzene rings is 1. The van der Waals surface area contributed by atoms with Crippen molar-refractivity contribution < 1.29 is 14.4 Å². The second kappa shape index (κ2) is 7.26. The standard InChI is InChI=1S/C17H23N3O3/c1-10-13(16(18)22)8-5-9-14(10)20-17(23)15(19-11(2)21)12-6-3-4-7-12/h5,8-9,12,15H,3-4,6-7H2,1-2H3,(H2,18,22)(H,19,21)(H,20,23). The fraction of sp³-hybridized carbons (Fsp3) is 0.471. The molecule has 1 saturated carbocycles. The van der Waals surface area contributed by atoms with Gasteiger partial charge in [0.25, 0.3) is 0 Å². The number of nitrogens with two attached hydrogens (primary N) is 1. The lowest BCUT2D eigenvalue weighted by molar-refractivity contribution is -0.126. The van der Waals surface area contributed by atoms with Crippen LogP contribution in [-0.2, 0) is 9.59 Å². The molecule has 0 aromatic heterocycles. The Hall–Kier alpha value is -2.37. The number of amides is 3. The first-order valence-electron chi connectivity index (χ1n) is 7.87. The van der Waals surface area contributed by atoms with Crippen molar-refractivity contribution in [2.24, 2.45) is 11.7 Å². The lowest BCUT2D eigenvalue weighted by atomic mass is 9.96. The topological polar surface area (TPSA) is 101 Å². The molecular formula is C17H23N3O3. The van der Waals surface area contributed by atoms with Crippen LogP contribution in [0.15, 0.2) is 18.2 Å². The van der Waals surface area contributed by atoms with Crippen LogP contribution in [0.4, 0.5) is 5.69 Å². The van der Waals surface area contributed by atoms with E-state index in [1.165, 1.54) is 6.92 Å². The first-order chi connectivity index (χ1) is 10.9. The monoisotopic (exact) mass is 317 g/mol. The van der Waals surface area contributed by atoms with Gasteiger partial charge in [0.2, 0.25) is 17.7 Å². The van der Waals surface area contributed by atoms with Crippen molar-refractivity contribution in [2.75, 3.05) is 5.32 Å². The number of anilines is 1. The van der Waals surface area contributed by atoms with E-state index in [1.54, 1.807) is 25.1 Å². The zero-order valence-electron chi connectivity index (χ0n) is 13.5. The molecule has 0 spiro atoms. The summed E-state index contributed by atoms with van der Waals surface area (Å²) in [7, 11) is 0. The molecule has 1 aromatic carbocycles. The Morgan fingerprint density at radius 1 is 1.22 bits per heavy atom. The molecule has 0 saturated heterocycles. The lowest BCUT2D eigenvalue weighted by Crippen LogP contribution is -2.47. The van der Waals surface area contributed by atoms with E-state index in [0.29, 0.717) is 16.8 Å². The van der Waals surface area contributed by atoms with Crippen LogP contribution >= 0.6 is 0 Å². The van der Waals surface area contributed by atoms with E-state index < -0.39 is 11.9 Å². The second-order valence-electron chi connectivity index (χ2n) is 6.05. The largest absolute Gasteiger partial charge is 0.366 e. The summed E-state index contributed by atoms with van der Waals surface area (Å²) in [6.07, 6.45) is 4.01. The molecule has 3 amide bonds. The summed E-state index contributed by atoms with van der Waals surface area (Å²) < 4.78 is 0. The highest BCUT2D eigenvalue weighted by atomic mass is 16.2. The molecule has 1 unspecified atom stereocenters. The molecule has 2 rings (SSSR count). The highest BCUT2D eigenvalue weighted by Crippen LogP contribution is 2.29. The van der Waals surface area contributed by atoms with Gasteiger partial charge in [0.1, 0.15) is 6.04 Å². The van der Waals surface area contributed by atoms with Crippen molar-refractivity contribution in [3.05, 3.63) is 29.3 Å². The van der Waals surface area contributed by atoms with Gasteiger partial charge in [-0.15, -0.1) is 0 Å². The van der Waals surface area contributed by atoms with Gasteiger partial charge in [-0.2, -0.15) is 0 Å². The Morgan fingerprint density at radius 3 is 2.43 bits per heavy atom. The van der Waals surface area contributed by atoms with Crippen LogP contribution in [0.25, 0.3) is 0 Å². The maximum atomic E-state index is 12.6. The van der Waals surface area contributed by atoms with E-state index >= 15 is 0 Å². The van der Waals surface area contributed by atoms with E-state index in [2.05, 4.69) is 10.6 Å². The predicted octanol–water partition coefficient (Wildman–Crippen LogP) is 1.73. The van der Waals surface area contributed by atoms with E-state index in [1.807, 2.05) is 0 Å². The summed E-state index contributed by atoms with van der Waals surface area (Å²) in [5, 5.41) is 5.58. The number of carbonyl (C=O) groups is 3. The average Bonchev–Trinajstić information content (AvgIpc) is 3.00. The fourth-order valence-corrected chi connectivity index (χ4v) is 3.16. The third-order valence-corrected chi connectivity index (χ3v) is 4.37. The Morgan fingerprint density at radius 2 is 1.87 bits per heavy atom.